The van der Waals surface area contributed by atoms with Gasteiger partial charge in [0.2, 0.25) is 15.9 Å². The molecule has 0 fully saturated rings. The maximum absolute atomic E-state index is 12.0. The Balaban J connectivity index is 2.10. The Morgan fingerprint density at radius 2 is 1.61 bits per heavy atom. The van der Waals surface area contributed by atoms with E-state index in [1.165, 1.54) is 6.08 Å². The number of anilines is 2. The molecule has 0 spiro atoms. The minimum atomic E-state index is -3.41. The predicted octanol–water partition coefficient (Wildman–Crippen LogP) is 3.02. The van der Waals surface area contributed by atoms with E-state index in [1.54, 1.807) is 30.3 Å². The van der Waals surface area contributed by atoms with E-state index in [0.29, 0.717) is 11.4 Å². The van der Waals surface area contributed by atoms with Gasteiger partial charge in [0.05, 0.1) is 17.6 Å². The van der Waals surface area contributed by atoms with Crippen molar-refractivity contribution < 1.29 is 13.2 Å². The lowest BCUT2D eigenvalue weighted by atomic mass is 10.1. The molecule has 0 radical (unpaired) electrons. The first kappa shape index (κ1) is 16.8. The van der Waals surface area contributed by atoms with Crippen LogP contribution in [0.15, 0.2) is 54.6 Å². The predicted molar refractivity (Wildman–Crippen MR) is 93.8 cm³/mol. The van der Waals surface area contributed by atoms with E-state index >= 15 is 0 Å². The topological polar surface area (TPSA) is 75.3 Å². The van der Waals surface area contributed by atoms with Crippen LogP contribution in [0.4, 0.5) is 11.4 Å². The van der Waals surface area contributed by atoms with Gasteiger partial charge in [0, 0.05) is 6.08 Å². The van der Waals surface area contributed by atoms with Crippen molar-refractivity contribution in [2.45, 2.75) is 6.92 Å². The summed E-state index contributed by atoms with van der Waals surface area (Å²) in [6.07, 6.45) is 4.16. The first-order valence-corrected chi connectivity index (χ1v) is 8.85. The fraction of sp³-hybridized carbons (Fsp3) is 0.118. The van der Waals surface area contributed by atoms with Crippen molar-refractivity contribution in [3.63, 3.8) is 0 Å². The lowest BCUT2D eigenvalue weighted by molar-refractivity contribution is -0.111. The van der Waals surface area contributed by atoms with Crippen molar-refractivity contribution in [1.82, 2.24) is 0 Å². The largest absolute Gasteiger partial charge is 0.321 e. The Morgan fingerprint density at radius 3 is 2.22 bits per heavy atom. The maximum atomic E-state index is 12.0. The van der Waals surface area contributed by atoms with Crippen molar-refractivity contribution in [3.8, 4) is 0 Å². The van der Waals surface area contributed by atoms with Crippen LogP contribution in [0.25, 0.3) is 6.08 Å². The van der Waals surface area contributed by atoms with E-state index in [1.807, 2.05) is 31.2 Å². The van der Waals surface area contributed by atoms with Gasteiger partial charge in [-0.3, -0.25) is 9.52 Å². The van der Waals surface area contributed by atoms with Gasteiger partial charge in [-0.15, -0.1) is 0 Å². The minimum absolute atomic E-state index is 0.326. The molecule has 0 aromatic heterocycles. The highest BCUT2D eigenvalue weighted by atomic mass is 32.2. The van der Waals surface area contributed by atoms with Gasteiger partial charge in [-0.1, -0.05) is 42.0 Å². The molecule has 2 aromatic rings. The molecule has 2 rings (SSSR count). The fourth-order valence-corrected chi connectivity index (χ4v) is 2.48. The quantitative estimate of drug-likeness (QED) is 0.828. The second kappa shape index (κ2) is 7.11. The Hall–Kier alpha value is -2.60. The van der Waals surface area contributed by atoms with Crippen LogP contribution in [0.3, 0.4) is 0 Å². The average Bonchev–Trinajstić information content (AvgIpc) is 2.47. The first-order chi connectivity index (χ1) is 10.8. The van der Waals surface area contributed by atoms with Crippen LogP contribution < -0.4 is 10.0 Å². The molecule has 0 aliphatic heterocycles. The second-order valence-electron chi connectivity index (χ2n) is 5.15. The van der Waals surface area contributed by atoms with Crippen molar-refractivity contribution in [2.24, 2.45) is 0 Å². The molecule has 120 valence electrons. The standard InChI is InChI=1S/C17H18N2O3S/c1-13-7-9-14(10-8-13)11-12-17(20)18-15-5-3-4-6-16(15)19-23(2,21)22/h3-12,19H,1-2H3,(H,18,20)/b12-11+. The number of aryl methyl sites for hydroxylation is 1. The van der Waals surface area contributed by atoms with Crippen molar-refractivity contribution in [1.29, 1.82) is 0 Å². The third-order valence-corrected chi connectivity index (χ3v) is 3.58. The number of hydrogen-bond donors (Lipinski definition) is 2. The number of carbonyl (C=O) groups is 1. The number of nitrogens with one attached hydrogen (secondary N) is 2. The lowest BCUT2D eigenvalue weighted by Gasteiger charge is -2.10. The van der Waals surface area contributed by atoms with E-state index in [9.17, 15) is 13.2 Å². The van der Waals surface area contributed by atoms with E-state index in [-0.39, 0.29) is 5.91 Å². The molecular weight excluding hydrogens is 312 g/mol. The smallest absolute Gasteiger partial charge is 0.248 e. The van der Waals surface area contributed by atoms with E-state index in [2.05, 4.69) is 10.0 Å². The normalized spacial score (nSPS) is 11.4. The molecule has 0 saturated heterocycles. The number of para-hydroxylation sites is 2. The Morgan fingerprint density at radius 1 is 1.00 bits per heavy atom. The summed E-state index contributed by atoms with van der Waals surface area (Å²) in [6, 6.07) is 14.4. The van der Waals surface area contributed by atoms with Crippen molar-refractivity contribution in [2.75, 3.05) is 16.3 Å². The van der Waals surface area contributed by atoms with Crippen LogP contribution in [-0.4, -0.2) is 20.6 Å². The number of carbonyl (C=O) groups excluding carboxylic acids is 1. The van der Waals surface area contributed by atoms with E-state index in [0.717, 1.165) is 17.4 Å². The van der Waals surface area contributed by atoms with Crippen LogP contribution in [0.2, 0.25) is 0 Å². The van der Waals surface area contributed by atoms with E-state index in [4.69, 9.17) is 0 Å². The number of rotatable bonds is 5. The van der Waals surface area contributed by atoms with Gasteiger partial charge in [-0.05, 0) is 30.7 Å². The van der Waals surface area contributed by atoms with Gasteiger partial charge in [0.15, 0.2) is 0 Å². The van der Waals surface area contributed by atoms with Gasteiger partial charge in [-0.2, -0.15) is 0 Å². The molecule has 0 bridgehead atoms. The first-order valence-electron chi connectivity index (χ1n) is 6.96. The van der Waals surface area contributed by atoms with E-state index < -0.39 is 10.0 Å². The van der Waals surface area contributed by atoms with Crippen LogP contribution in [0.5, 0.6) is 0 Å². The minimum Gasteiger partial charge on any atom is -0.321 e. The number of benzene rings is 2. The third-order valence-electron chi connectivity index (χ3n) is 2.98. The lowest BCUT2D eigenvalue weighted by Crippen LogP contribution is -2.14. The summed E-state index contributed by atoms with van der Waals surface area (Å²) in [4.78, 5) is 12.0. The summed E-state index contributed by atoms with van der Waals surface area (Å²) in [5.41, 5.74) is 2.78. The molecule has 23 heavy (non-hydrogen) atoms. The molecule has 2 aromatic carbocycles. The summed E-state index contributed by atoms with van der Waals surface area (Å²) in [7, 11) is -3.41. The molecule has 0 heterocycles. The van der Waals surface area contributed by atoms with Gasteiger partial charge < -0.3 is 5.32 Å². The Labute approximate surface area is 136 Å². The molecule has 0 aliphatic rings. The van der Waals surface area contributed by atoms with Crippen LogP contribution in [0.1, 0.15) is 11.1 Å². The Bertz CT molecular complexity index is 825. The number of amides is 1. The SMILES string of the molecule is Cc1ccc(/C=C/C(=O)Nc2ccccc2NS(C)(=O)=O)cc1. The monoisotopic (exact) mass is 330 g/mol. The molecule has 0 unspecified atom stereocenters. The highest BCUT2D eigenvalue weighted by Crippen LogP contribution is 2.21. The van der Waals surface area contributed by atoms with Crippen molar-refractivity contribution in [3.05, 3.63) is 65.7 Å². The molecule has 0 saturated carbocycles. The Kier molecular flexibility index (Phi) is 5.18. The maximum Gasteiger partial charge on any atom is 0.248 e. The zero-order chi connectivity index (χ0) is 16.9. The summed E-state index contributed by atoms with van der Waals surface area (Å²) < 4.78 is 25.0. The highest BCUT2D eigenvalue weighted by Gasteiger charge is 2.08. The summed E-state index contributed by atoms with van der Waals surface area (Å²) in [5, 5.41) is 2.66. The highest BCUT2D eigenvalue weighted by molar-refractivity contribution is 7.92. The fourth-order valence-electron chi connectivity index (χ4n) is 1.90. The van der Waals surface area contributed by atoms with Gasteiger partial charge in [-0.25, -0.2) is 8.42 Å². The zero-order valence-electron chi connectivity index (χ0n) is 12.9. The molecule has 5 nitrogen and oxygen atoms in total. The van der Waals surface area contributed by atoms with Crippen LogP contribution in [0, 0.1) is 6.92 Å². The molecule has 0 aliphatic carbocycles. The van der Waals surface area contributed by atoms with Crippen molar-refractivity contribution >= 4 is 33.4 Å². The van der Waals surface area contributed by atoms with Gasteiger partial charge >= 0.3 is 0 Å². The summed E-state index contributed by atoms with van der Waals surface area (Å²) in [6.45, 7) is 1.99. The molecule has 0 atom stereocenters. The number of hydrogen-bond acceptors (Lipinski definition) is 3. The third kappa shape index (κ3) is 5.60. The molecule has 2 N–H and O–H groups in total. The molecule has 1 amide bonds. The van der Waals surface area contributed by atoms with Gasteiger partial charge in [0.1, 0.15) is 0 Å². The average molecular weight is 330 g/mol. The second-order valence-corrected chi connectivity index (χ2v) is 6.90. The number of sulfonamides is 1. The molecule has 6 heteroatoms. The summed E-state index contributed by atoms with van der Waals surface area (Å²) in [5.74, 6) is -0.340. The van der Waals surface area contributed by atoms with Gasteiger partial charge in [0.25, 0.3) is 0 Å². The molecular formula is C17H18N2O3S. The van der Waals surface area contributed by atoms with Crippen LogP contribution >= 0.6 is 0 Å². The zero-order valence-corrected chi connectivity index (χ0v) is 13.7. The van der Waals surface area contributed by atoms with Crippen LogP contribution in [-0.2, 0) is 14.8 Å². The summed E-state index contributed by atoms with van der Waals surface area (Å²) >= 11 is 0.